The van der Waals surface area contributed by atoms with Gasteiger partial charge >= 0.3 is 12.2 Å². The summed E-state index contributed by atoms with van der Waals surface area (Å²) in [7, 11) is 0. The highest BCUT2D eigenvalue weighted by molar-refractivity contribution is 6.31. The molecule has 12 heteroatoms. The van der Waals surface area contributed by atoms with Crippen LogP contribution in [0, 0.1) is 17.6 Å². The van der Waals surface area contributed by atoms with Gasteiger partial charge in [-0.3, -0.25) is 4.79 Å². The minimum Gasteiger partial charge on any atom is -0.368 e. The first-order chi connectivity index (χ1) is 13.0. The maximum atomic E-state index is 14.6. The first-order valence-corrected chi connectivity index (χ1v) is 8.56. The summed E-state index contributed by atoms with van der Waals surface area (Å²) in [5.41, 5.74) is 4.89. The van der Waals surface area contributed by atoms with E-state index in [1.54, 1.807) is 0 Å². The van der Waals surface area contributed by atoms with Crippen molar-refractivity contribution >= 4 is 23.5 Å². The molecule has 0 radical (unpaired) electrons. The lowest BCUT2D eigenvalue weighted by Gasteiger charge is -2.32. The molecule has 1 aromatic carbocycles. The second kappa shape index (κ2) is 7.36. The largest absolute Gasteiger partial charge is 0.414 e. The van der Waals surface area contributed by atoms with Crippen LogP contribution in [0.15, 0.2) is 12.1 Å². The monoisotopic (exact) mass is 427 g/mol. The summed E-state index contributed by atoms with van der Waals surface area (Å²) >= 11 is 5.60. The number of hydrogen-bond donors (Lipinski definition) is 2. The molecule has 28 heavy (non-hydrogen) atoms. The van der Waals surface area contributed by atoms with Crippen LogP contribution in [0.2, 0.25) is 5.02 Å². The number of ether oxygens (including phenoxy) is 1. The van der Waals surface area contributed by atoms with Gasteiger partial charge in [-0.1, -0.05) is 17.7 Å². The average Bonchev–Trinajstić information content (AvgIpc) is 3.23. The number of alkyl halides is 3. The number of rotatable bonds is 4. The lowest BCUT2D eigenvalue weighted by molar-refractivity contribution is -0.206. The Balaban J connectivity index is 2.00. The Morgan fingerprint density at radius 3 is 2.57 bits per heavy atom. The highest BCUT2D eigenvalue weighted by atomic mass is 35.5. The van der Waals surface area contributed by atoms with E-state index in [-0.39, 0.29) is 12.1 Å². The number of primary amides is 1. The molecule has 0 aliphatic carbocycles. The van der Waals surface area contributed by atoms with Crippen molar-refractivity contribution in [1.82, 2.24) is 10.2 Å². The van der Waals surface area contributed by atoms with Gasteiger partial charge in [0.05, 0.1) is 19.2 Å². The van der Waals surface area contributed by atoms with Crippen molar-refractivity contribution in [3.8, 4) is 0 Å². The molecule has 0 aromatic heterocycles. The third kappa shape index (κ3) is 3.72. The van der Waals surface area contributed by atoms with Crippen molar-refractivity contribution < 1.29 is 36.3 Å². The van der Waals surface area contributed by atoms with Gasteiger partial charge in [0.15, 0.2) is 6.10 Å². The molecule has 2 aliphatic heterocycles. The Morgan fingerprint density at radius 2 is 2.04 bits per heavy atom. The number of nitrogens with zero attached hydrogens (tertiary/aromatic N) is 1. The zero-order valence-corrected chi connectivity index (χ0v) is 14.9. The molecule has 154 valence electrons. The van der Waals surface area contributed by atoms with Crippen molar-refractivity contribution in [3.63, 3.8) is 0 Å². The minimum absolute atomic E-state index is 0.275. The normalized spacial score (nSPS) is 26.4. The van der Waals surface area contributed by atoms with E-state index in [1.165, 1.54) is 0 Å². The van der Waals surface area contributed by atoms with Gasteiger partial charge in [-0.2, -0.15) is 13.2 Å². The van der Waals surface area contributed by atoms with Gasteiger partial charge in [-0.05, 0) is 12.5 Å². The first-order valence-electron chi connectivity index (χ1n) is 8.18. The summed E-state index contributed by atoms with van der Waals surface area (Å²) in [6.07, 6.45) is -7.27. The van der Waals surface area contributed by atoms with Crippen LogP contribution in [-0.2, 0) is 9.53 Å². The van der Waals surface area contributed by atoms with Crippen molar-refractivity contribution in [3.05, 3.63) is 34.4 Å². The zero-order chi connectivity index (χ0) is 20.8. The van der Waals surface area contributed by atoms with Crippen LogP contribution in [-0.4, -0.2) is 48.3 Å². The molecule has 6 nitrogen and oxygen atoms in total. The molecule has 0 saturated carbocycles. The van der Waals surface area contributed by atoms with Gasteiger partial charge in [-0.25, -0.2) is 13.6 Å². The molecule has 4 atom stereocenters. The molecule has 3 rings (SSSR count). The Bertz CT molecular complexity index is 806. The standard InChI is InChI=1S/C16H15ClF5N3O3/c17-11-8(18)2-1-7(12(11)19)13(6-3-10(28-5-6)16(20,21)22)25-4-9(14(23)26)24-15(25)27/h1-2,6,9-10,13H,3-5H2,(H2,23,26)(H,24,27)/t6-,9?,10-,13-/m0/s1. The van der Waals surface area contributed by atoms with Crippen LogP contribution in [0.25, 0.3) is 0 Å². The highest BCUT2D eigenvalue weighted by Crippen LogP contribution is 2.43. The maximum Gasteiger partial charge on any atom is 0.414 e. The lowest BCUT2D eigenvalue weighted by Crippen LogP contribution is -2.39. The fraction of sp³-hybridized carbons (Fsp3) is 0.500. The number of amides is 3. The quantitative estimate of drug-likeness (QED) is 0.572. The predicted octanol–water partition coefficient (Wildman–Crippen LogP) is 2.51. The SMILES string of the molecule is NC(=O)C1CN([C@H](c2ccc(F)c(Cl)c2F)[C@@H]2CO[C@H](C(F)(F)F)C2)C(=O)N1. The van der Waals surface area contributed by atoms with Crippen LogP contribution < -0.4 is 11.1 Å². The van der Waals surface area contributed by atoms with Crippen LogP contribution in [0.5, 0.6) is 0 Å². The fourth-order valence-electron chi connectivity index (χ4n) is 3.50. The van der Waals surface area contributed by atoms with Crippen molar-refractivity contribution in [2.75, 3.05) is 13.2 Å². The van der Waals surface area contributed by atoms with Crippen LogP contribution >= 0.6 is 11.6 Å². The third-order valence-corrected chi connectivity index (χ3v) is 5.19. The Kier molecular flexibility index (Phi) is 5.41. The van der Waals surface area contributed by atoms with E-state index in [1.807, 2.05) is 0 Å². The predicted molar refractivity (Wildman–Crippen MR) is 86.2 cm³/mol. The second-order valence-corrected chi connectivity index (χ2v) is 7.00. The first kappa shape index (κ1) is 20.6. The summed E-state index contributed by atoms with van der Waals surface area (Å²) in [5, 5.41) is 1.44. The number of nitrogens with two attached hydrogens (primary N) is 1. The van der Waals surface area contributed by atoms with Gasteiger partial charge in [0.25, 0.3) is 0 Å². The molecule has 3 amide bonds. The minimum atomic E-state index is -4.64. The van der Waals surface area contributed by atoms with E-state index >= 15 is 0 Å². The molecule has 2 fully saturated rings. The third-order valence-electron chi connectivity index (χ3n) is 4.84. The van der Waals surface area contributed by atoms with E-state index in [9.17, 15) is 31.5 Å². The van der Waals surface area contributed by atoms with Gasteiger partial charge in [0.2, 0.25) is 5.91 Å². The van der Waals surface area contributed by atoms with E-state index < -0.39 is 71.9 Å². The van der Waals surface area contributed by atoms with E-state index in [0.29, 0.717) is 0 Å². The smallest absolute Gasteiger partial charge is 0.368 e. The van der Waals surface area contributed by atoms with Crippen LogP contribution in [0.4, 0.5) is 26.7 Å². The van der Waals surface area contributed by atoms with Crippen LogP contribution in [0.3, 0.4) is 0 Å². The molecule has 2 heterocycles. The number of carbonyl (C=O) groups excluding carboxylic acids is 2. The van der Waals surface area contributed by atoms with E-state index in [4.69, 9.17) is 22.1 Å². The van der Waals surface area contributed by atoms with Crippen molar-refractivity contribution in [1.29, 1.82) is 0 Å². The Morgan fingerprint density at radius 1 is 1.36 bits per heavy atom. The molecule has 2 aliphatic rings. The lowest BCUT2D eigenvalue weighted by atomic mass is 9.89. The highest BCUT2D eigenvalue weighted by Gasteiger charge is 2.50. The average molecular weight is 428 g/mol. The number of urea groups is 1. The van der Waals surface area contributed by atoms with E-state index in [0.717, 1.165) is 17.0 Å². The molecular weight excluding hydrogens is 413 g/mol. The summed E-state index contributed by atoms with van der Waals surface area (Å²) in [6, 6.07) is -1.33. The van der Waals surface area contributed by atoms with Crippen LogP contribution in [0.1, 0.15) is 18.0 Å². The fourth-order valence-corrected chi connectivity index (χ4v) is 3.67. The van der Waals surface area contributed by atoms with Gasteiger partial charge in [-0.15, -0.1) is 0 Å². The second-order valence-electron chi connectivity index (χ2n) is 6.63. The molecule has 0 spiro atoms. The van der Waals surface area contributed by atoms with E-state index in [2.05, 4.69) is 5.32 Å². The topological polar surface area (TPSA) is 84.7 Å². The van der Waals surface area contributed by atoms with Gasteiger partial charge in [0, 0.05) is 11.5 Å². The van der Waals surface area contributed by atoms with Crippen molar-refractivity contribution in [2.45, 2.75) is 30.8 Å². The molecule has 0 bridgehead atoms. The molecule has 1 unspecified atom stereocenters. The number of hydrogen-bond acceptors (Lipinski definition) is 3. The summed E-state index contributed by atoms with van der Waals surface area (Å²) < 4.78 is 72.0. The Labute approximate surface area is 160 Å². The Hall–Kier alpha value is -2.14. The molecule has 2 saturated heterocycles. The zero-order valence-electron chi connectivity index (χ0n) is 14.1. The maximum absolute atomic E-state index is 14.6. The number of halogens is 6. The number of benzene rings is 1. The van der Waals surface area contributed by atoms with Gasteiger partial charge < -0.3 is 20.7 Å². The summed E-state index contributed by atoms with van der Waals surface area (Å²) in [5.74, 6) is -4.08. The van der Waals surface area contributed by atoms with Gasteiger partial charge in [0.1, 0.15) is 22.7 Å². The molecule has 1 aromatic rings. The summed E-state index contributed by atoms with van der Waals surface area (Å²) in [4.78, 5) is 24.7. The molecule has 3 N–H and O–H groups in total. The van der Waals surface area contributed by atoms with Crippen molar-refractivity contribution in [2.24, 2.45) is 11.7 Å². The molecular formula is C16H15ClF5N3O3. The number of nitrogens with one attached hydrogen (secondary N) is 1. The number of carbonyl (C=O) groups is 2. The summed E-state index contributed by atoms with van der Waals surface area (Å²) in [6.45, 7) is -0.714.